The number of nitrogens with one attached hydrogen (secondary N) is 1. The van der Waals surface area contributed by atoms with Gasteiger partial charge in [0.25, 0.3) is 0 Å². The monoisotopic (exact) mass is 310 g/mol. The molecule has 126 valence electrons. The molecule has 0 radical (unpaired) electrons. The lowest BCUT2D eigenvalue weighted by Gasteiger charge is -2.21. The summed E-state index contributed by atoms with van der Waals surface area (Å²) in [5, 5.41) is 12.7. The molecule has 1 atom stereocenters. The standard InChI is InChI=1S/C17H30N2O3/c20-15-8-5-12-19(13-11-15)17(22)10-9-16(21)18-14-6-3-1-2-4-7-14/h14-15,20H,1-13H2,(H,18,21)/t15-/m0/s1. The molecule has 2 fully saturated rings. The zero-order valence-electron chi connectivity index (χ0n) is 13.6. The summed E-state index contributed by atoms with van der Waals surface area (Å²) in [6.45, 7) is 1.32. The van der Waals surface area contributed by atoms with Crippen LogP contribution in [0, 0.1) is 0 Å². The molecule has 2 amide bonds. The molecule has 0 aromatic carbocycles. The van der Waals surface area contributed by atoms with E-state index < -0.39 is 0 Å². The van der Waals surface area contributed by atoms with Crippen LogP contribution >= 0.6 is 0 Å². The van der Waals surface area contributed by atoms with E-state index in [1.165, 1.54) is 25.7 Å². The topological polar surface area (TPSA) is 69.6 Å². The lowest BCUT2D eigenvalue weighted by atomic mass is 10.1. The van der Waals surface area contributed by atoms with Crippen molar-refractivity contribution in [2.75, 3.05) is 13.1 Å². The second-order valence-corrected chi connectivity index (χ2v) is 6.72. The summed E-state index contributed by atoms with van der Waals surface area (Å²) in [4.78, 5) is 26.0. The van der Waals surface area contributed by atoms with Gasteiger partial charge < -0.3 is 15.3 Å². The molecule has 0 spiro atoms. The fourth-order valence-electron chi connectivity index (χ4n) is 3.43. The van der Waals surface area contributed by atoms with Gasteiger partial charge in [0, 0.05) is 32.0 Å². The number of nitrogens with zero attached hydrogens (tertiary/aromatic N) is 1. The van der Waals surface area contributed by atoms with E-state index in [1.54, 1.807) is 4.90 Å². The number of carbonyl (C=O) groups excluding carboxylic acids is 2. The van der Waals surface area contributed by atoms with Crippen molar-refractivity contribution in [2.24, 2.45) is 0 Å². The van der Waals surface area contributed by atoms with Crippen molar-refractivity contribution in [3.05, 3.63) is 0 Å². The summed E-state index contributed by atoms with van der Waals surface area (Å²) >= 11 is 0. The maximum atomic E-state index is 12.2. The summed E-state index contributed by atoms with van der Waals surface area (Å²) in [5.41, 5.74) is 0. The molecular weight excluding hydrogens is 280 g/mol. The van der Waals surface area contributed by atoms with Gasteiger partial charge in [0.2, 0.25) is 11.8 Å². The molecule has 2 aliphatic rings. The third-order valence-electron chi connectivity index (χ3n) is 4.84. The van der Waals surface area contributed by atoms with Crippen LogP contribution in [0.1, 0.15) is 70.6 Å². The van der Waals surface area contributed by atoms with Crippen molar-refractivity contribution in [2.45, 2.75) is 82.8 Å². The lowest BCUT2D eigenvalue weighted by molar-refractivity contribution is -0.133. The first-order valence-corrected chi connectivity index (χ1v) is 8.90. The minimum atomic E-state index is -0.281. The van der Waals surface area contributed by atoms with Gasteiger partial charge in [0.05, 0.1) is 6.10 Å². The second kappa shape index (κ2) is 9.13. The maximum absolute atomic E-state index is 12.2. The van der Waals surface area contributed by atoms with Crippen LogP contribution in [-0.2, 0) is 9.59 Å². The van der Waals surface area contributed by atoms with Crippen LogP contribution in [-0.4, -0.2) is 47.1 Å². The van der Waals surface area contributed by atoms with Crippen molar-refractivity contribution in [1.82, 2.24) is 10.2 Å². The third kappa shape index (κ3) is 5.95. The minimum absolute atomic E-state index is 0.00936. The molecular formula is C17H30N2O3. The predicted octanol–water partition coefficient (Wildman–Crippen LogP) is 1.98. The molecule has 22 heavy (non-hydrogen) atoms. The van der Waals surface area contributed by atoms with Crippen LogP contribution in [0.3, 0.4) is 0 Å². The second-order valence-electron chi connectivity index (χ2n) is 6.72. The first-order chi connectivity index (χ1) is 10.6. The summed E-state index contributed by atoms with van der Waals surface area (Å²) in [6.07, 6.45) is 9.64. The van der Waals surface area contributed by atoms with E-state index in [4.69, 9.17) is 0 Å². The highest BCUT2D eigenvalue weighted by Crippen LogP contribution is 2.17. The maximum Gasteiger partial charge on any atom is 0.223 e. The molecule has 0 aromatic heterocycles. The van der Waals surface area contributed by atoms with Gasteiger partial charge in [0.15, 0.2) is 0 Å². The Morgan fingerprint density at radius 3 is 2.36 bits per heavy atom. The number of aliphatic hydroxyl groups excluding tert-OH is 1. The zero-order chi connectivity index (χ0) is 15.8. The van der Waals surface area contributed by atoms with Crippen LogP contribution in [0.5, 0.6) is 0 Å². The number of hydrogen-bond donors (Lipinski definition) is 2. The minimum Gasteiger partial charge on any atom is -0.393 e. The summed E-state index contributed by atoms with van der Waals surface area (Å²) in [7, 11) is 0. The molecule has 1 aliphatic heterocycles. The first-order valence-electron chi connectivity index (χ1n) is 8.90. The van der Waals surface area contributed by atoms with Crippen molar-refractivity contribution < 1.29 is 14.7 Å². The lowest BCUT2D eigenvalue weighted by Crippen LogP contribution is -2.36. The van der Waals surface area contributed by atoms with Gasteiger partial charge in [-0.05, 0) is 32.1 Å². The SMILES string of the molecule is O=C(CCC(=O)N1CCC[C@H](O)CC1)NC1CCCCCC1. The van der Waals surface area contributed by atoms with E-state index in [0.29, 0.717) is 25.6 Å². The Morgan fingerprint density at radius 1 is 0.909 bits per heavy atom. The third-order valence-corrected chi connectivity index (χ3v) is 4.84. The highest BCUT2D eigenvalue weighted by molar-refractivity contribution is 5.83. The highest BCUT2D eigenvalue weighted by Gasteiger charge is 2.20. The van der Waals surface area contributed by atoms with Gasteiger partial charge in [-0.3, -0.25) is 9.59 Å². The summed E-state index contributed by atoms with van der Waals surface area (Å²) in [5.74, 6) is 0.0558. The van der Waals surface area contributed by atoms with E-state index >= 15 is 0 Å². The van der Waals surface area contributed by atoms with Gasteiger partial charge in [-0.1, -0.05) is 25.7 Å². The molecule has 5 heteroatoms. The Kier molecular flexibility index (Phi) is 7.16. The average molecular weight is 310 g/mol. The fraction of sp³-hybridized carbons (Fsp3) is 0.882. The molecule has 1 saturated heterocycles. The Labute approximate surface area is 133 Å². The highest BCUT2D eigenvalue weighted by atomic mass is 16.3. The van der Waals surface area contributed by atoms with E-state index in [-0.39, 0.29) is 30.8 Å². The van der Waals surface area contributed by atoms with Crippen LogP contribution in [0.15, 0.2) is 0 Å². The number of aliphatic hydroxyl groups is 1. The normalized spacial score (nSPS) is 24.4. The summed E-state index contributed by atoms with van der Waals surface area (Å²) in [6, 6.07) is 0.304. The van der Waals surface area contributed by atoms with Gasteiger partial charge in [-0.2, -0.15) is 0 Å². The van der Waals surface area contributed by atoms with E-state index in [1.807, 2.05) is 0 Å². The van der Waals surface area contributed by atoms with Crippen LogP contribution < -0.4 is 5.32 Å². The zero-order valence-corrected chi connectivity index (χ0v) is 13.6. The van der Waals surface area contributed by atoms with Crippen molar-refractivity contribution in [3.8, 4) is 0 Å². The van der Waals surface area contributed by atoms with E-state index in [9.17, 15) is 14.7 Å². The first kappa shape index (κ1) is 17.3. The van der Waals surface area contributed by atoms with Gasteiger partial charge in [0.1, 0.15) is 0 Å². The van der Waals surface area contributed by atoms with E-state index in [2.05, 4.69) is 5.32 Å². The quantitative estimate of drug-likeness (QED) is 0.780. The molecule has 1 saturated carbocycles. The Bertz CT molecular complexity index is 365. The Morgan fingerprint density at radius 2 is 1.64 bits per heavy atom. The Balaban J connectivity index is 1.67. The number of hydrogen-bond acceptors (Lipinski definition) is 3. The Hall–Kier alpha value is -1.10. The molecule has 1 heterocycles. The molecule has 2 rings (SSSR count). The van der Waals surface area contributed by atoms with Gasteiger partial charge in [-0.25, -0.2) is 0 Å². The number of amides is 2. The van der Waals surface area contributed by atoms with Crippen LogP contribution in [0.25, 0.3) is 0 Å². The summed E-state index contributed by atoms with van der Waals surface area (Å²) < 4.78 is 0. The van der Waals surface area contributed by atoms with Crippen LogP contribution in [0.4, 0.5) is 0 Å². The number of likely N-dealkylation sites (tertiary alicyclic amines) is 1. The molecule has 0 aromatic rings. The predicted molar refractivity (Wildman–Crippen MR) is 85.3 cm³/mol. The van der Waals surface area contributed by atoms with Crippen molar-refractivity contribution in [1.29, 1.82) is 0 Å². The van der Waals surface area contributed by atoms with Gasteiger partial charge >= 0.3 is 0 Å². The van der Waals surface area contributed by atoms with Crippen molar-refractivity contribution in [3.63, 3.8) is 0 Å². The van der Waals surface area contributed by atoms with E-state index in [0.717, 1.165) is 25.7 Å². The molecule has 1 aliphatic carbocycles. The molecule has 0 bridgehead atoms. The largest absolute Gasteiger partial charge is 0.393 e. The average Bonchev–Trinajstić information content (AvgIpc) is 2.87. The molecule has 0 unspecified atom stereocenters. The van der Waals surface area contributed by atoms with Crippen molar-refractivity contribution >= 4 is 11.8 Å². The molecule has 5 nitrogen and oxygen atoms in total. The smallest absolute Gasteiger partial charge is 0.223 e. The number of rotatable bonds is 4. The molecule has 2 N–H and O–H groups in total. The van der Waals surface area contributed by atoms with Gasteiger partial charge in [-0.15, -0.1) is 0 Å². The number of carbonyl (C=O) groups is 2. The van der Waals surface area contributed by atoms with Crippen LogP contribution in [0.2, 0.25) is 0 Å². The fourth-order valence-corrected chi connectivity index (χ4v) is 3.43.